The molecule has 2 atom stereocenters. The number of nitrogens with two attached hydrogens (primary N) is 1. The number of carbonyl (C=O) groups excluding carboxylic acids is 1. The zero-order chi connectivity index (χ0) is 13.8. The molecule has 0 spiro atoms. The van der Waals surface area contributed by atoms with E-state index >= 15 is 0 Å². The lowest BCUT2D eigenvalue weighted by atomic mass is 9.95. The molecule has 19 heavy (non-hydrogen) atoms. The third-order valence-corrected chi connectivity index (χ3v) is 2.89. The van der Waals surface area contributed by atoms with Gasteiger partial charge < -0.3 is 10.2 Å². The molecule has 0 bridgehead atoms. The van der Waals surface area contributed by atoms with Gasteiger partial charge in [-0.05, 0) is 5.56 Å². The molecule has 2 rings (SSSR count). The van der Waals surface area contributed by atoms with Gasteiger partial charge >= 0.3 is 6.01 Å². The summed E-state index contributed by atoms with van der Waals surface area (Å²) in [4.78, 5) is 12.0. The number of amides is 1. The van der Waals surface area contributed by atoms with Gasteiger partial charge in [0.2, 0.25) is 11.8 Å². The first-order valence-corrected chi connectivity index (χ1v) is 5.99. The average Bonchev–Trinajstić information content (AvgIpc) is 2.83. The number of aryl methyl sites for hydroxylation is 1. The summed E-state index contributed by atoms with van der Waals surface area (Å²) in [6, 6.07) is 9.18. The zero-order valence-corrected chi connectivity index (χ0v) is 10.8. The molecular weight excluding hydrogens is 244 g/mol. The van der Waals surface area contributed by atoms with Gasteiger partial charge in [0.1, 0.15) is 0 Å². The second-order valence-electron chi connectivity index (χ2n) is 4.34. The number of nitrogens with one attached hydrogen (secondary N) is 1. The van der Waals surface area contributed by atoms with Gasteiger partial charge in [-0.25, -0.2) is 0 Å². The van der Waals surface area contributed by atoms with E-state index in [9.17, 15) is 4.79 Å². The summed E-state index contributed by atoms with van der Waals surface area (Å²) in [7, 11) is 0. The van der Waals surface area contributed by atoms with E-state index in [-0.39, 0.29) is 18.0 Å². The van der Waals surface area contributed by atoms with E-state index < -0.39 is 5.92 Å². The van der Waals surface area contributed by atoms with Crippen molar-refractivity contribution in [2.45, 2.75) is 19.9 Å². The number of hydrogen-bond donors (Lipinski definition) is 2. The van der Waals surface area contributed by atoms with Crippen LogP contribution in [-0.2, 0) is 4.79 Å². The predicted molar refractivity (Wildman–Crippen MR) is 70.2 cm³/mol. The smallest absolute Gasteiger partial charge is 0.322 e. The lowest BCUT2D eigenvalue weighted by molar-refractivity contribution is -0.120. The lowest BCUT2D eigenvalue weighted by Gasteiger charge is -2.18. The van der Waals surface area contributed by atoms with Gasteiger partial charge in [-0.15, -0.1) is 5.10 Å². The molecule has 0 aliphatic heterocycles. The number of benzene rings is 1. The molecule has 0 aliphatic carbocycles. The van der Waals surface area contributed by atoms with Gasteiger partial charge in [0.05, 0.1) is 5.92 Å². The van der Waals surface area contributed by atoms with Crippen LogP contribution in [0.25, 0.3) is 0 Å². The van der Waals surface area contributed by atoms with Crippen LogP contribution >= 0.6 is 0 Å². The van der Waals surface area contributed by atoms with Gasteiger partial charge in [0.25, 0.3) is 0 Å². The molecule has 2 unspecified atom stereocenters. The van der Waals surface area contributed by atoms with Crippen LogP contribution in [0.1, 0.15) is 24.4 Å². The van der Waals surface area contributed by atoms with Crippen molar-refractivity contribution in [3.63, 3.8) is 0 Å². The molecule has 1 aromatic heterocycles. The maximum atomic E-state index is 12.0. The first kappa shape index (κ1) is 13.2. The summed E-state index contributed by atoms with van der Waals surface area (Å²) in [5.74, 6) is -0.259. The molecule has 0 saturated carbocycles. The average molecular weight is 260 g/mol. The van der Waals surface area contributed by atoms with Gasteiger partial charge in [0, 0.05) is 13.0 Å². The number of nitrogens with zero attached hydrogens (tertiary/aromatic N) is 2. The highest BCUT2D eigenvalue weighted by Crippen LogP contribution is 2.20. The van der Waals surface area contributed by atoms with Crippen molar-refractivity contribution in [3.05, 3.63) is 41.8 Å². The molecule has 1 aromatic carbocycles. The lowest BCUT2D eigenvalue weighted by Crippen LogP contribution is -2.30. The molecule has 2 aromatic rings. The summed E-state index contributed by atoms with van der Waals surface area (Å²) < 4.78 is 5.09. The minimum absolute atomic E-state index is 0.0922. The van der Waals surface area contributed by atoms with E-state index in [1.54, 1.807) is 13.8 Å². The van der Waals surface area contributed by atoms with Crippen molar-refractivity contribution in [1.82, 2.24) is 10.2 Å². The largest absolute Gasteiger partial charge is 0.408 e. The van der Waals surface area contributed by atoms with Gasteiger partial charge in [-0.2, -0.15) is 0 Å². The summed E-state index contributed by atoms with van der Waals surface area (Å²) in [6.45, 7) is 3.41. The van der Waals surface area contributed by atoms with Crippen LogP contribution in [0, 0.1) is 12.8 Å². The minimum Gasteiger partial charge on any atom is -0.408 e. The van der Waals surface area contributed by atoms with Gasteiger partial charge in [0.15, 0.2) is 0 Å². The summed E-state index contributed by atoms with van der Waals surface area (Å²) in [6.07, 6.45) is 0. The summed E-state index contributed by atoms with van der Waals surface area (Å²) in [5, 5.41) is 9.90. The Balaban J connectivity index is 2.03. The molecule has 6 heteroatoms. The van der Waals surface area contributed by atoms with Crippen LogP contribution in [-0.4, -0.2) is 16.1 Å². The Bertz CT molecular complexity index is 553. The number of rotatable bonds is 4. The number of aromatic nitrogens is 2. The predicted octanol–water partition coefficient (Wildman–Crippen LogP) is 1.65. The Hall–Kier alpha value is -2.21. The Kier molecular flexibility index (Phi) is 3.91. The van der Waals surface area contributed by atoms with Crippen molar-refractivity contribution in [2.75, 3.05) is 5.32 Å². The molecule has 0 radical (unpaired) electrons. The molecular formula is C13H16N4O2. The van der Waals surface area contributed by atoms with E-state index in [1.807, 2.05) is 30.3 Å². The molecule has 0 fully saturated rings. The Morgan fingerprint density at radius 3 is 2.58 bits per heavy atom. The second-order valence-corrected chi connectivity index (χ2v) is 4.34. The highest BCUT2D eigenvalue weighted by Gasteiger charge is 2.23. The monoisotopic (exact) mass is 260 g/mol. The second kappa shape index (κ2) is 5.62. The van der Waals surface area contributed by atoms with Crippen LogP contribution in [0.2, 0.25) is 0 Å². The van der Waals surface area contributed by atoms with Crippen LogP contribution in [0.3, 0.4) is 0 Å². The maximum absolute atomic E-state index is 12.0. The molecule has 0 aliphatic rings. The molecule has 1 amide bonds. The molecule has 6 nitrogen and oxygen atoms in total. The Morgan fingerprint density at radius 1 is 1.32 bits per heavy atom. The molecule has 3 N–H and O–H groups in total. The van der Waals surface area contributed by atoms with Crippen molar-refractivity contribution < 1.29 is 9.21 Å². The summed E-state index contributed by atoms with van der Waals surface area (Å²) in [5.41, 5.74) is 6.98. The van der Waals surface area contributed by atoms with Crippen molar-refractivity contribution in [1.29, 1.82) is 0 Å². The third kappa shape index (κ3) is 3.17. The van der Waals surface area contributed by atoms with E-state index in [4.69, 9.17) is 10.2 Å². The fraction of sp³-hybridized carbons (Fsp3) is 0.308. The molecule has 0 saturated heterocycles. The van der Waals surface area contributed by atoms with Gasteiger partial charge in [-0.3, -0.25) is 10.1 Å². The highest BCUT2D eigenvalue weighted by atomic mass is 16.4. The van der Waals surface area contributed by atoms with Crippen LogP contribution in [0.5, 0.6) is 0 Å². The van der Waals surface area contributed by atoms with Crippen molar-refractivity contribution in [2.24, 2.45) is 11.7 Å². The van der Waals surface area contributed by atoms with Crippen LogP contribution in [0.4, 0.5) is 6.01 Å². The SMILES string of the molecule is Cc1nnc(NC(=O)C(C)C(N)c2ccccc2)o1. The Labute approximate surface area is 111 Å². The van der Waals surface area contributed by atoms with E-state index in [1.165, 1.54) is 0 Å². The van der Waals surface area contributed by atoms with E-state index in [0.29, 0.717) is 5.89 Å². The quantitative estimate of drug-likeness (QED) is 0.871. The van der Waals surface area contributed by atoms with Crippen molar-refractivity contribution in [3.8, 4) is 0 Å². The Morgan fingerprint density at radius 2 is 2.00 bits per heavy atom. The molecule has 100 valence electrons. The fourth-order valence-corrected chi connectivity index (χ4v) is 1.69. The number of anilines is 1. The van der Waals surface area contributed by atoms with Crippen molar-refractivity contribution >= 4 is 11.9 Å². The van der Waals surface area contributed by atoms with E-state index in [2.05, 4.69) is 15.5 Å². The van der Waals surface area contributed by atoms with Crippen LogP contribution in [0.15, 0.2) is 34.7 Å². The molecule has 1 heterocycles. The zero-order valence-electron chi connectivity index (χ0n) is 10.8. The van der Waals surface area contributed by atoms with Gasteiger partial charge in [-0.1, -0.05) is 42.4 Å². The fourth-order valence-electron chi connectivity index (χ4n) is 1.69. The first-order valence-electron chi connectivity index (χ1n) is 5.99. The number of hydrogen-bond acceptors (Lipinski definition) is 5. The normalized spacial score (nSPS) is 13.8. The summed E-state index contributed by atoms with van der Waals surface area (Å²) >= 11 is 0. The number of carbonyl (C=O) groups is 1. The van der Waals surface area contributed by atoms with E-state index in [0.717, 1.165) is 5.56 Å². The topological polar surface area (TPSA) is 94.0 Å². The highest BCUT2D eigenvalue weighted by molar-refractivity contribution is 5.90. The first-order chi connectivity index (χ1) is 9.08. The maximum Gasteiger partial charge on any atom is 0.322 e. The standard InChI is InChI=1S/C13H16N4O2/c1-8(11(14)10-6-4-3-5-7-10)12(18)15-13-17-16-9(2)19-13/h3-8,11H,14H2,1-2H3,(H,15,17,18). The third-order valence-electron chi connectivity index (χ3n) is 2.89. The van der Waals surface area contributed by atoms with Crippen LogP contribution < -0.4 is 11.1 Å². The minimum atomic E-state index is -0.408.